The van der Waals surface area contributed by atoms with Gasteiger partial charge in [-0.25, -0.2) is 9.63 Å². The number of ether oxygens (including phenoxy) is 2. The lowest BCUT2D eigenvalue weighted by molar-refractivity contribution is -0.177. The molecule has 8 heteroatoms. The second-order valence-electron chi connectivity index (χ2n) is 14.4. The van der Waals surface area contributed by atoms with Crippen LogP contribution in [0, 0.1) is 0 Å². The molecule has 1 fully saturated rings. The van der Waals surface area contributed by atoms with Crippen LogP contribution in [-0.4, -0.2) is 49.0 Å². The number of benzene rings is 3. The van der Waals surface area contributed by atoms with E-state index in [4.69, 9.17) is 14.3 Å². The molecule has 7 rings (SSSR count). The first-order valence-corrected chi connectivity index (χ1v) is 18.6. The van der Waals surface area contributed by atoms with Gasteiger partial charge in [-0.05, 0) is 128 Å². The molecule has 1 unspecified atom stereocenters. The van der Waals surface area contributed by atoms with E-state index in [-0.39, 0.29) is 18.9 Å². The summed E-state index contributed by atoms with van der Waals surface area (Å²) >= 11 is 1.78. The first-order chi connectivity index (χ1) is 24.1. The van der Waals surface area contributed by atoms with Gasteiger partial charge in [0.15, 0.2) is 6.29 Å². The first-order valence-electron chi connectivity index (χ1n) is 17.8. The van der Waals surface area contributed by atoms with Crippen molar-refractivity contribution in [1.82, 2.24) is 4.90 Å². The van der Waals surface area contributed by atoms with Gasteiger partial charge in [-0.1, -0.05) is 54.6 Å². The molecular formula is C42H46N2O5S. The number of nitrogens with zero attached hydrogens (tertiary/aromatic N) is 2. The Morgan fingerprint density at radius 1 is 0.880 bits per heavy atom. The smallest absolute Gasteiger partial charge is 0.410 e. The number of allylic oxidation sites excluding steroid dienone is 1. The molecule has 50 heavy (non-hydrogen) atoms. The summed E-state index contributed by atoms with van der Waals surface area (Å²) in [6.07, 6.45) is 8.43. The molecule has 0 radical (unpaired) electrons. The van der Waals surface area contributed by atoms with Gasteiger partial charge >= 0.3 is 6.09 Å². The molecule has 2 amide bonds. The number of aryl methyl sites for hydroxylation is 1. The van der Waals surface area contributed by atoms with Crippen molar-refractivity contribution in [2.75, 3.05) is 25.3 Å². The van der Waals surface area contributed by atoms with E-state index in [1.54, 1.807) is 18.4 Å². The highest BCUT2D eigenvalue weighted by Crippen LogP contribution is 2.42. The highest BCUT2D eigenvalue weighted by molar-refractivity contribution is 7.16. The quantitative estimate of drug-likeness (QED) is 0.172. The van der Waals surface area contributed by atoms with Crippen LogP contribution < -0.4 is 5.06 Å². The standard InChI is InChI=1S/C42H46N2O5S/c1-42(2,3)48-41(46)43(4)24-23-39(45)44(49-40-14-7-8-25-47-40)32-12-9-11-30(27-32)37-21-22-38(50-37)31-17-18-34-29(26-31)16-20-35-33-13-6-5-10-28(33)15-19-36(34)35/h5-6,9-13,16,20-22,26-27,40H,7-8,14-15,17-19,23-25H2,1-4H3. The van der Waals surface area contributed by atoms with Gasteiger partial charge in [0.2, 0.25) is 0 Å². The molecule has 1 atom stereocenters. The van der Waals surface area contributed by atoms with Crippen molar-refractivity contribution in [1.29, 1.82) is 0 Å². The van der Waals surface area contributed by atoms with Crippen molar-refractivity contribution >= 4 is 40.7 Å². The lowest BCUT2D eigenvalue weighted by Crippen LogP contribution is -2.40. The summed E-state index contributed by atoms with van der Waals surface area (Å²) in [6.45, 7) is 6.26. The van der Waals surface area contributed by atoms with E-state index in [1.165, 1.54) is 53.8 Å². The van der Waals surface area contributed by atoms with Crippen LogP contribution in [0.2, 0.25) is 0 Å². The molecule has 0 spiro atoms. The van der Waals surface area contributed by atoms with E-state index in [1.807, 2.05) is 39.0 Å². The fourth-order valence-electron chi connectivity index (χ4n) is 7.08. The van der Waals surface area contributed by atoms with Crippen molar-refractivity contribution in [2.24, 2.45) is 0 Å². The molecule has 1 aromatic heterocycles. The number of fused-ring (bicyclic) bond motifs is 5. The second kappa shape index (κ2) is 14.5. The fraction of sp³-hybridized carbons (Fsp3) is 0.381. The van der Waals surface area contributed by atoms with Crippen molar-refractivity contribution in [3.63, 3.8) is 0 Å². The van der Waals surface area contributed by atoms with E-state index in [0.717, 1.165) is 49.0 Å². The Morgan fingerprint density at radius 2 is 1.70 bits per heavy atom. The van der Waals surface area contributed by atoms with Crippen LogP contribution >= 0.6 is 11.3 Å². The highest BCUT2D eigenvalue weighted by atomic mass is 32.1. The molecular weight excluding hydrogens is 645 g/mol. The molecule has 3 aromatic carbocycles. The first kappa shape index (κ1) is 34.2. The molecule has 1 aliphatic heterocycles. The Kier molecular flexibility index (Phi) is 9.96. The van der Waals surface area contributed by atoms with Gasteiger partial charge < -0.3 is 14.4 Å². The summed E-state index contributed by atoms with van der Waals surface area (Å²) < 4.78 is 11.3. The number of hydrogen-bond acceptors (Lipinski definition) is 6. The van der Waals surface area contributed by atoms with Crippen molar-refractivity contribution in [3.05, 3.63) is 99.9 Å². The zero-order valence-electron chi connectivity index (χ0n) is 29.5. The normalized spacial score (nSPS) is 16.8. The van der Waals surface area contributed by atoms with Crippen LogP contribution in [0.3, 0.4) is 0 Å². The number of anilines is 1. The second-order valence-corrected chi connectivity index (χ2v) is 15.5. The van der Waals surface area contributed by atoms with Gasteiger partial charge in [0.25, 0.3) is 5.91 Å². The summed E-state index contributed by atoms with van der Waals surface area (Å²) in [7, 11) is 1.64. The highest BCUT2D eigenvalue weighted by Gasteiger charge is 2.27. The predicted molar refractivity (Wildman–Crippen MR) is 201 cm³/mol. The van der Waals surface area contributed by atoms with Gasteiger partial charge in [0.1, 0.15) is 5.60 Å². The maximum absolute atomic E-state index is 13.7. The van der Waals surface area contributed by atoms with E-state index >= 15 is 0 Å². The van der Waals surface area contributed by atoms with Crippen LogP contribution in [0.25, 0.3) is 33.2 Å². The van der Waals surface area contributed by atoms with Crippen LogP contribution in [0.1, 0.15) is 80.0 Å². The van der Waals surface area contributed by atoms with E-state index in [2.05, 4.69) is 60.7 Å². The van der Waals surface area contributed by atoms with Crippen LogP contribution in [0.4, 0.5) is 10.5 Å². The molecule has 7 nitrogen and oxygen atoms in total. The number of carbonyl (C=O) groups excluding carboxylic acids is 2. The zero-order chi connectivity index (χ0) is 34.8. The number of carbonyl (C=O) groups is 2. The van der Waals surface area contributed by atoms with Crippen LogP contribution in [-0.2, 0) is 38.4 Å². The van der Waals surface area contributed by atoms with Crippen molar-refractivity contribution in [2.45, 2.75) is 84.0 Å². The minimum Gasteiger partial charge on any atom is -0.444 e. The Labute approximate surface area is 299 Å². The Bertz CT molecular complexity index is 1920. The number of thiophene rings is 1. The van der Waals surface area contributed by atoms with Gasteiger partial charge in [0.05, 0.1) is 5.69 Å². The summed E-state index contributed by atoms with van der Waals surface area (Å²) in [6, 6.07) is 25.8. The van der Waals surface area contributed by atoms with Crippen molar-refractivity contribution in [3.8, 4) is 21.6 Å². The third kappa shape index (κ3) is 7.58. The summed E-state index contributed by atoms with van der Waals surface area (Å²) in [4.78, 5) is 36.3. The maximum atomic E-state index is 13.7. The molecule has 4 aromatic rings. The minimum absolute atomic E-state index is 0.0706. The Balaban J connectivity index is 1.10. The fourth-order valence-corrected chi connectivity index (χ4v) is 8.12. The zero-order valence-corrected chi connectivity index (χ0v) is 30.3. The van der Waals surface area contributed by atoms with E-state index in [0.29, 0.717) is 18.7 Å². The van der Waals surface area contributed by atoms with Crippen molar-refractivity contribution < 1.29 is 23.9 Å². The predicted octanol–water partition coefficient (Wildman–Crippen LogP) is 9.72. The van der Waals surface area contributed by atoms with Gasteiger partial charge in [0, 0.05) is 42.8 Å². The van der Waals surface area contributed by atoms with Crippen LogP contribution in [0.15, 0.2) is 72.8 Å². The molecule has 0 bridgehead atoms. The SMILES string of the molecule is CN(CCC(=O)N(OC1CCCCO1)c1cccc(-c2ccc(C3=Cc4ccc5c(c4CC3)CCc3ccccc3-5)s2)c1)C(=O)OC(C)(C)C. The van der Waals surface area contributed by atoms with E-state index in [9.17, 15) is 9.59 Å². The third-order valence-electron chi connectivity index (χ3n) is 9.63. The van der Waals surface area contributed by atoms with Crippen LogP contribution in [0.5, 0.6) is 0 Å². The lowest BCUT2D eigenvalue weighted by atomic mass is 9.78. The number of amides is 2. The summed E-state index contributed by atoms with van der Waals surface area (Å²) in [5.41, 5.74) is 11.0. The topological polar surface area (TPSA) is 68.3 Å². The van der Waals surface area contributed by atoms with E-state index < -0.39 is 18.0 Å². The molecule has 260 valence electrons. The summed E-state index contributed by atoms with van der Waals surface area (Å²) in [5, 5.41) is 1.36. The van der Waals surface area contributed by atoms with Gasteiger partial charge in [-0.3, -0.25) is 4.79 Å². The average molecular weight is 691 g/mol. The summed E-state index contributed by atoms with van der Waals surface area (Å²) in [5.74, 6) is -0.254. The maximum Gasteiger partial charge on any atom is 0.410 e. The molecule has 2 heterocycles. The molecule has 0 saturated carbocycles. The molecule has 2 aliphatic carbocycles. The average Bonchev–Trinajstić information content (AvgIpc) is 3.63. The monoisotopic (exact) mass is 690 g/mol. The molecule has 1 saturated heterocycles. The largest absolute Gasteiger partial charge is 0.444 e. The number of rotatable bonds is 8. The Morgan fingerprint density at radius 3 is 2.52 bits per heavy atom. The number of hydrogen-bond donors (Lipinski definition) is 0. The Hall–Kier alpha value is -4.24. The number of hydroxylamine groups is 1. The lowest BCUT2D eigenvalue weighted by Gasteiger charge is -2.30. The minimum atomic E-state index is -0.615. The molecule has 0 N–H and O–H groups in total. The van der Waals surface area contributed by atoms with Gasteiger partial charge in [-0.2, -0.15) is 5.06 Å². The third-order valence-corrected chi connectivity index (χ3v) is 10.8. The molecule has 3 aliphatic rings. The van der Waals surface area contributed by atoms with Gasteiger partial charge in [-0.15, -0.1) is 11.3 Å².